The molecule has 2 saturated heterocycles. The highest BCUT2D eigenvalue weighted by molar-refractivity contribution is 9.10. The summed E-state index contributed by atoms with van der Waals surface area (Å²) >= 11 is 3.54. The molecule has 0 unspecified atom stereocenters. The predicted octanol–water partition coefficient (Wildman–Crippen LogP) is 5.11. The first-order chi connectivity index (χ1) is 15.3. The Morgan fingerprint density at radius 3 is 2.34 bits per heavy atom. The maximum Gasteiger partial charge on any atom is 0.258 e. The molecule has 1 amide bonds. The van der Waals surface area contributed by atoms with Crippen LogP contribution in [0.1, 0.15) is 48.9 Å². The molecule has 1 N–H and O–H groups in total. The van der Waals surface area contributed by atoms with Crippen LogP contribution in [0.25, 0.3) is 0 Å². The number of alkyl halides is 2. The second kappa shape index (κ2) is 8.24. The van der Waals surface area contributed by atoms with Gasteiger partial charge in [-0.25, -0.2) is 13.8 Å². The van der Waals surface area contributed by atoms with Crippen LogP contribution in [0.3, 0.4) is 0 Å². The van der Waals surface area contributed by atoms with E-state index in [9.17, 15) is 13.6 Å². The van der Waals surface area contributed by atoms with Crippen LogP contribution in [0.4, 0.5) is 26.1 Å². The molecule has 2 aromatic rings. The summed E-state index contributed by atoms with van der Waals surface area (Å²) in [6.07, 6.45) is 7.62. The average molecular weight is 506 g/mol. The number of aromatic nitrogens is 2. The van der Waals surface area contributed by atoms with E-state index in [1.807, 2.05) is 18.2 Å². The molecule has 1 saturated carbocycles. The number of hydrogen-bond acceptors (Lipinski definition) is 5. The zero-order valence-electron chi connectivity index (χ0n) is 17.8. The van der Waals surface area contributed by atoms with Gasteiger partial charge in [-0.05, 0) is 49.3 Å². The van der Waals surface area contributed by atoms with Crippen molar-refractivity contribution < 1.29 is 13.6 Å². The maximum atomic E-state index is 13.5. The van der Waals surface area contributed by atoms with Gasteiger partial charge in [0.1, 0.15) is 5.82 Å². The first-order valence-electron chi connectivity index (χ1n) is 11.1. The van der Waals surface area contributed by atoms with Crippen molar-refractivity contribution in [2.24, 2.45) is 5.41 Å². The third-order valence-corrected chi connectivity index (χ3v) is 7.50. The molecule has 1 spiro atoms. The molecule has 1 aromatic carbocycles. The van der Waals surface area contributed by atoms with Gasteiger partial charge >= 0.3 is 0 Å². The Hall–Kier alpha value is -2.29. The molecule has 6 nitrogen and oxygen atoms in total. The molecule has 3 fully saturated rings. The minimum Gasteiger partial charge on any atom is -0.371 e. The van der Waals surface area contributed by atoms with Crippen molar-refractivity contribution >= 4 is 39.2 Å². The van der Waals surface area contributed by atoms with Crippen molar-refractivity contribution in [1.82, 2.24) is 9.97 Å². The summed E-state index contributed by atoms with van der Waals surface area (Å²) in [6.45, 7) is 2.33. The molecular weight excluding hydrogens is 480 g/mol. The molecule has 0 bridgehead atoms. The molecule has 2 aliphatic heterocycles. The molecule has 1 aliphatic carbocycles. The molecule has 32 heavy (non-hydrogen) atoms. The Bertz CT molecular complexity index is 1010. The van der Waals surface area contributed by atoms with Crippen LogP contribution in [-0.4, -0.2) is 48.0 Å². The summed E-state index contributed by atoms with van der Waals surface area (Å²) < 4.78 is 27.9. The summed E-state index contributed by atoms with van der Waals surface area (Å²) in [6, 6.07) is 5.68. The normalized spacial score (nSPS) is 21.5. The summed E-state index contributed by atoms with van der Waals surface area (Å²) in [5, 5.41) is 2.85. The topological polar surface area (TPSA) is 61.4 Å². The van der Waals surface area contributed by atoms with Gasteiger partial charge in [-0.2, -0.15) is 0 Å². The van der Waals surface area contributed by atoms with Crippen molar-refractivity contribution in [2.75, 3.05) is 41.3 Å². The Labute approximate surface area is 194 Å². The first kappa shape index (κ1) is 21.6. The number of amides is 1. The van der Waals surface area contributed by atoms with E-state index in [1.165, 1.54) is 31.9 Å². The fourth-order valence-electron chi connectivity index (χ4n) is 4.67. The second-order valence-electron chi connectivity index (χ2n) is 9.21. The fraction of sp³-hybridized carbons (Fsp3) is 0.522. The van der Waals surface area contributed by atoms with Crippen LogP contribution in [-0.2, 0) is 0 Å². The minimum atomic E-state index is -2.62. The third-order valence-electron chi connectivity index (χ3n) is 7.01. The summed E-state index contributed by atoms with van der Waals surface area (Å²) in [5.41, 5.74) is 2.05. The Morgan fingerprint density at radius 1 is 0.969 bits per heavy atom. The second-order valence-corrected chi connectivity index (χ2v) is 10.1. The molecular formula is C23H26BrF2N5O. The summed E-state index contributed by atoms with van der Waals surface area (Å²) in [5.74, 6) is -2.06. The quantitative estimate of drug-likeness (QED) is 0.625. The monoisotopic (exact) mass is 505 g/mol. The molecule has 3 heterocycles. The van der Waals surface area contributed by atoms with Crippen LogP contribution in [0, 0.1) is 5.41 Å². The number of benzene rings is 1. The van der Waals surface area contributed by atoms with Crippen LogP contribution in [0.5, 0.6) is 0 Å². The van der Waals surface area contributed by atoms with Gasteiger partial charge in [0, 0.05) is 43.5 Å². The van der Waals surface area contributed by atoms with Gasteiger partial charge < -0.3 is 15.1 Å². The predicted molar refractivity (Wildman–Crippen MR) is 124 cm³/mol. The van der Waals surface area contributed by atoms with Crippen molar-refractivity contribution in [2.45, 2.75) is 44.4 Å². The van der Waals surface area contributed by atoms with Crippen LogP contribution >= 0.6 is 15.9 Å². The van der Waals surface area contributed by atoms with E-state index in [2.05, 4.69) is 36.1 Å². The molecule has 170 valence electrons. The standard InChI is InChI=1S/C23H26BrF2N5O/c24-16-1-2-17(18(13-16)30-9-5-22(3-4-22)6-10-30)21(32)29-19-14-27-15-20(28-19)31-11-7-23(25,26)8-12-31/h1-2,13-15H,3-12H2,(H,28,29,32). The number of nitrogens with one attached hydrogen (secondary N) is 1. The molecule has 0 atom stereocenters. The Morgan fingerprint density at radius 2 is 1.66 bits per heavy atom. The van der Waals surface area contributed by atoms with E-state index in [1.54, 1.807) is 11.1 Å². The van der Waals surface area contributed by atoms with Gasteiger partial charge in [0.05, 0.1) is 23.6 Å². The van der Waals surface area contributed by atoms with Crippen LogP contribution < -0.4 is 15.1 Å². The minimum absolute atomic E-state index is 0.204. The van der Waals surface area contributed by atoms with E-state index < -0.39 is 5.92 Å². The molecule has 3 aliphatic rings. The van der Waals surface area contributed by atoms with Crippen LogP contribution in [0.2, 0.25) is 0 Å². The Kier molecular flexibility index (Phi) is 5.55. The van der Waals surface area contributed by atoms with Gasteiger partial charge in [0.25, 0.3) is 11.8 Å². The van der Waals surface area contributed by atoms with E-state index >= 15 is 0 Å². The smallest absolute Gasteiger partial charge is 0.258 e. The zero-order valence-corrected chi connectivity index (χ0v) is 19.4. The largest absolute Gasteiger partial charge is 0.371 e. The molecule has 1 aromatic heterocycles. The highest BCUT2D eigenvalue weighted by Crippen LogP contribution is 2.54. The van der Waals surface area contributed by atoms with Crippen molar-refractivity contribution in [1.29, 1.82) is 0 Å². The number of rotatable bonds is 4. The summed E-state index contributed by atoms with van der Waals surface area (Å²) in [4.78, 5) is 25.9. The van der Waals surface area contributed by atoms with E-state index in [-0.39, 0.29) is 31.8 Å². The van der Waals surface area contributed by atoms with E-state index in [0.717, 1.165) is 23.2 Å². The van der Waals surface area contributed by atoms with Crippen molar-refractivity contribution in [3.63, 3.8) is 0 Å². The lowest BCUT2D eigenvalue weighted by atomic mass is 9.93. The number of anilines is 3. The molecule has 9 heteroatoms. The number of carbonyl (C=O) groups excluding carboxylic acids is 1. The number of piperidine rings is 2. The van der Waals surface area contributed by atoms with E-state index in [0.29, 0.717) is 22.6 Å². The first-order valence-corrected chi connectivity index (χ1v) is 11.9. The highest BCUT2D eigenvalue weighted by atomic mass is 79.9. The van der Waals surface area contributed by atoms with E-state index in [4.69, 9.17) is 0 Å². The van der Waals surface area contributed by atoms with Gasteiger partial charge in [-0.15, -0.1) is 0 Å². The average Bonchev–Trinajstić information content (AvgIpc) is 3.53. The van der Waals surface area contributed by atoms with Gasteiger partial charge in [0.2, 0.25) is 0 Å². The van der Waals surface area contributed by atoms with Crippen molar-refractivity contribution in [3.8, 4) is 0 Å². The number of halogens is 3. The van der Waals surface area contributed by atoms with Gasteiger partial charge in [-0.3, -0.25) is 9.78 Å². The lowest BCUT2D eigenvalue weighted by molar-refractivity contribution is -0.0221. The van der Waals surface area contributed by atoms with Gasteiger partial charge in [0.15, 0.2) is 5.82 Å². The Balaban J connectivity index is 1.31. The molecule has 0 radical (unpaired) electrons. The fourth-order valence-corrected chi connectivity index (χ4v) is 5.02. The highest BCUT2D eigenvalue weighted by Gasteiger charge is 2.44. The summed E-state index contributed by atoms with van der Waals surface area (Å²) in [7, 11) is 0. The maximum absolute atomic E-state index is 13.5. The lowest BCUT2D eigenvalue weighted by Crippen LogP contribution is -2.39. The lowest BCUT2D eigenvalue weighted by Gasteiger charge is -2.35. The zero-order chi connectivity index (χ0) is 22.3. The third kappa shape index (κ3) is 4.58. The number of nitrogens with zero attached hydrogens (tertiary/aromatic N) is 4. The number of carbonyl (C=O) groups is 1. The SMILES string of the molecule is O=C(Nc1cncc(N2CCC(F)(F)CC2)n1)c1ccc(Br)cc1N1CCC2(CC1)CC2. The van der Waals surface area contributed by atoms with Crippen molar-refractivity contribution in [3.05, 3.63) is 40.6 Å². The number of hydrogen-bond donors (Lipinski definition) is 1. The molecule has 5 rings (SSSR count). The van der Waals surface area contributed by atoms with Crippen LogP contribution in [0.15, 0.2) is 35.1 Å². The van der Waals surface area contributed by atoms with Gasteiger partial charge in [-0.1, -0.05) is 15.9 Å².